The second-order valence-electron chi connectivity index (χ2n) is 18.5. The van der Waals surface area contributed by atoms with Gasteiger partial charge in [0.15, 0.2) is 6.10 Å². The maximum Gasteiger partial charge on any atom is 0.430 e. The molecule has 0 fully saturated rings. The molecule has 0 bridgehead atoms. The summed E-state index contributed by atoms with van der Waals surface area (Å²) in [5, 5.41) is 15.7. The lowest BCUT2D eigenvalue weighted by Crippen LogP contribution is -2.33. The Kier molecular flexibility index (Phi) is 27.9. The molecule has 6 aromatic rings. The fourth-order valence-corrected chi connectivity index (χ4v) is 10.7. The first-order chi connectivity index (χ1) is 40.9. The number of rotatable bonds is 3. The molecular formula is C56H47Br6F12N3O10S. The van der Waals surface area contributed by atoms with Crippen molar-refractivity contribution in [1.29, 1.82) is 0 Å². The van der Waals surface area contributed by atoms with Crippen molar-refractivity contribution in [2.24, 2.45) is 0 Å². The summed E-state index contributed by atoms with van der Waals surface area (Å²) in [6.07, 6.45) is -24.9. The van der Waals surface area contributed by atoms with E-state index < -0.39 is 77.5 Å². The van der Waals surface area contributed by atoms with Crippen LogP contribution in [0.3, 0.4) is 0 Å². The highest BCUT2D eigenvalue weighted by Gasteiger charge is 2.50. The minimum atomic E-state index is -4.65. The van der Waals surface area contributed by atoms with Gasteiger partial charge in [-0.15, -0.1) is 0 Å². The molecule has 4 unspecified atom stereocenters. The SMILES string of the molecule is BrBr.Cc1ccc(S(=O)(=O)O)cc1.Cc1ccccc1Br.Cc1ccccc1C(O)C(F)(F)F.O=C1Nc2c(Br)cc(Br)cc2C(C(F)(F)F)O1.O=C1Nc2c(Br)cc(C3=CCCCC3)cc2C(C(F)(F)F)O1.O=C1Nc2ccccc2C(C(F)(F)F)O1. The normalized spacial score (nSPS) is 17.0. The van der Waals surface area contributed by atoms with Gasteiger partial charge in [-0.1, -0.05) is 116 Å². The lowest BCUT2D eigenvalue weighted by Gasteiger charge is -2.29. The molecule has 6 aromatic carbocycles. The van der Waals surface area contributed by atoms with Crippen LogP contribution < -0.4 is 16.0 Å². The Balaban J connectivity index is 0.000000230. The summed E-state index contributed by atoms with van der Waals surface area (Å²) in [5.41, 5.74) is 4.41. The number of nitrogens with one attached hydrogen (secondary N) is 3. The topological polar surface area (TPSA) is 190 Å². The van der Waals surface area contributed by atoms with Gasteiger partial charge < -0.3 is 19.3 Å². The number of carbonyl (C=O) groups is 3. The van der Waals surface area contributed by atoms with Gasteiger partial charge in [0.05, 0.1) is 22.0 Å². The van der Waals surface area contributed by atoms with Gasteiger partial charge >= 0.3 is 43.0 Å². The lowest BCUT2D eigenvalue weighted by molar-refractivity contribution is -0.207. The van der Waals surface area contributed by atoms with Crippen LogP contribution in [0.15, 0.2) is 150 Å². The fraction of sp³-hybridized carbons (Fsp3) is 0.268. The zero-order valence-corrected chi connectivity index (χ0v) is 55.5. The molecule has 10 rings (SSSR count). The number of fused-ring (bicyclic) bond motifs is 3. The molecule has 1 aliphatic carbocycles. The molecule has 0 saturated heterocycles. The minimum absolute atomic E-state index is 0.0666. The highest BCUT2D eigenvalue weighted by molar-refractivity contribution is 9.93. The van der Waals surface area contributed by atoms with Crippen LogP contribution in [0.4, 0.5) is 84.1 Å². The van der Waals surface area contributed by atoms with Gasteiger partial charge in [0.25, 0.3) is 10.1 Å². The van der Waals surface area contributed by atoms with E-state index in [1.807, 2.05) is 25.1 Å². The molecule has 3 amide bonds. The molecule has 5 N–H and O–H groups in total. The number of ether oxygens (including phenoxy) is 3. The second-order valence-corrected chi connectivity index (χ2v) is 23.4. The predicted molar refractivity (Wildman–Crippen MR) is 325 cm³/mol. The maximum absolute atomic E-state index is 13.2. The number of aliphatic hydroxyl groups is 1. The number of cyclic esters (lactones) is 3. The molecule has 13 nitrogen and oxygen atoms in total. The largest absolute Gasteiger partial charge is 0.431 e. The van der Waals surface area contributed by atoms with Gasteiger partial charge in [-0.3, -0.25) is 20.5 Å². The third kappa shape index (κ3) is 22.3. The van der Waals surface area contributed by atoms with E-state index in [1.54, 1.807) is 24.3 Å². The maximum atomic E-state index is 13.2. The number of alkyl halides is 12. The number of para-hydroxylation sites is 1. The van der Waals surface area contributed by atoms with Gasteiger partial charge in [0.1, 0.15) is 0 Å². The quantitative estimate of drug-likeness (QED) is 0.0648. The van der Waals surface area contributed by atoms with Crippen LogP contribution in [0.1, 0.15) is 94.6 Å². The first-order valence-corrected chi connectivity index (χ1v) is 33.1. The number of aliphatic hydroxyl groups excluding tert-OH is 1. The smallest absolute Gasteiger partial charge is 0.430 e. The minimum Gasteiger partial charge on any atom is -0.431 e. The summed E-state index contributed by atoms with van der Waals surface area (Å²) >= 11 is 18.3. The van der Waals surface area contributed by atoms with E-state index in [-0.39, 0.29) is 44.2 Å². The molecule has 4 aliphatic rings. The number of anilines is 3. The van der Waals surface area contributed by atoms with Gasteiger partial charge in [0, 0.05) is 62.8 Å². The van der Waals surface area contributed by atoms with Crippen LogP contribution in [-0.4, -0.2) is 61.1 Å². The number of benzene rings is 6. The van der Waals surface area contributed by atoms with E-state index in [9.17, 15) is 75.5 Å². The average Bonchev–Trinajstić information content (AvgIpc) is 1.17. The Hall–Kier alpha value is -5.22. The number of halogens is 18. The van der Waals surface area contributed by atoms with Gasteiger partial charge in [-0.05, 0) is 155 Å². The number of hydrogen-bond acceptors (Lipinski definition) is 9. The lowest BCUT2D eigenvalue weighted by atomic mass is 9.91. The van der Waals surface area contributed by atoms with Crippen LogP contribution >= 0.6 is 92.0 Å². The first kappa shape index (κ1) is 75.2. The van der Waals surface area contributed by atoms with Crippen LogP contribution in [0.25, 0.3) is 5.57 Å². The van der Waals surface area contributed by atoms with E-state index in [0.29, 0.717) is 19.0 Å². The van der Waals surface area contributed by atoms with Crippen LogP contribution in [0, 0.1) is 20.8 Å². The second kappa shape index (κ2) is 32.7. The van der Waals surface area contributed by atoms with Crippen molar-refractivity contribution in [1.82, 2.24) is 0 Å². The number of hydrogen-bond donors (Lipinski definition) is 5. The molecular weight excluding hydrogens is 1610 g/mol. The molecule has 478 valence electrons. The molecule has 0 spiro atoms. The molecule has 0 aromatic heterocycles. The standard InChI is InChI=1S/C15H13BrF3NO2.C9H4Br2F3NO2.C9H6F3NO2.C9H9F3O.C7H7Br.C7H8O3S.Br2/c16-11-7-9(8-4-2-1-3-5-8)6-10-12(11)20-14(21)22-13(10)15(17,18)19;10-3-1-4-6(5(11)2-3)15-8(16)17-7(4)9(12,13)14;10-9(11,12)7-5-3-1-2-4-6(5)13-8(14)15-7;1-6-4-2-3-5-7(6)8(13)9(10,11)12;1-6-4-2-3-5-7(6)8;1-6-2-4-7(5-3-6)11(8,9)10;1-2/h4,6-7,13H,1-3,5H2,(H,20,21);1-2,7H,(H,15,16);1-4,7H,(H,13,14);2-5,8,13H,1H3;2-5H,1H3;2-5H,1H3,(H,8,9,10);. The Labute approximate surface area is 544 Å². The predicted octanol–water partition coefficient (Wildman–Crippen LogP) is 21.1. The van der Waals surface area contributed by atoms with Crippen molar-refractivity contribution in [3.05, 3.63) is 190 Å². The summed E-state index contributed by atoms with van der Waals surface area (Å²) in [7, 11) is -4.02. The van der Waals surface area contributed by atoms with E-state index in [1.165, 1.54) is 89.8 Å². The third-order valence-corrected chi connectivity index (χ3v) is 15.6. The highest BCUT2D eigenvalue weighted by Crippen LogP contribution is 2.48. The molecule has 32 heteroatoms. The van der Waals surface area contributed by atoms with Crippen LogP contribution in [0.5, 0.6) is 0 Å². The Morgan fingerprint density at radius 2 is 1.00 bits per heavy atom. The number of aryl methyl sites for hydroxylation is 3. The average molecular weight is 1660 g/mol. The Morgan fingerprint density at radius 1 is 0.545 bits per heavy atom. The summed E-state index contributed by atoms with van der Waals surface area (Å²) in [6, 6.07) is 31.7. The zero-order chi connectivity index (χ0) is 66.3. The van der Waals surface area contributed by atoms with Crippen molar-refractivity contribution >= 4 is 143 Å². The van der Waals surface area contributed by atoms with Gasteiger partial charge in [0.2, 0.25) is 18.3 Å². The number of carbonyl (C=O) groups excluding carboxylic acids is 3. The molecule has 0 saturated carbocycles. The highest BCUT2D eigenvalue weighted by atomic mass is 80.9. The number of allylic oxidation sites excluding steroid dienone is 2. The van der Waals surface area contributed by atoms with Crippen molar-refractivity contribution in [2.75, 3.05) is 16.0 Å². The molecule has 0 radical (unpaired) electrons. The van der Waals surface area contributed by atoms with Crippen molar-refractivity contribution in [3.8, 4) is 0 Å². The van der Waals surface area contributed by atoms with Crippen molar-refractivity contribution < 1.29 is 99.4 Å². The summed E-state index contributed by atoms with van der Waals surface area (Å²) in [5.74, 6) is 0. The Morgan fingerprint density at radius 3 is 1.45 bits per heavy atom. The molecule has 88 heavy (non-hydrogen) atoms. The monoisotopic (exact) mass is 1650 g/mol. The Bertz CT molecular complexity index is 3520. The van der Waals surface area contributed by atoms with Crippen molar-refractivity contribution in [2.45, 2.75) is 100 Å². The summed E-state index contributed by atoms with van der Waals surface area (Å²) in [6.45, 7) is 5.45. The van der Waals surface area contributed by atoms with Crippen LogP contribution in [0.2, 0.25) is 0 Å². The van der Waals surface area contributed by atoms with E-state index in [2.05, 4.69) is 141 Å². The van der Waals surface area contributed by atoms with E-state index in [4.69, 9.17) is 9.66 Å². The fourth-order valence-electron chi connectivity index (χ4n) is 8.00. The van der Waals surface area contributed by atoms with Gasteiger partial charge in [-0.25, -0.2) is 14.4 Å². The van der Waals surface area contributed by atoms with E-state index >= 15 is 0 Å². The molecule has 3 aliphatic heterocycles. The van der Waals surface area contributed by atoms with Gasteiger partial charge in [-0.2, -0.15) is 61.1 Å². The van der Waals surface area contributed by atoms with E-state index in [0.717, 1.165) is 42.4 Å². The summed E-state index contributed by atoms with van der Waals surface area (Å²) in [4.78, 5) is 33.2. The third-order valence-electron chi connectivity index (χ3n) is 12.1. The summed E-state index contributed by atoms with van der Waals surface area (Å²) < 4.78 is 196. The van der Waals surface area contributed by atoms with Crippen LogP contribution in [-0.2, 0) is 24.3 Å². The molecule has 4 atom stereocenters. The number of amides is 3. The zero-order valence-electron chi connectivity index (χ0n) is 45.1. The molecule has 3 heterocycles. The first-order valence-electron chi connectivity index (χ1n) is 24.8. The van der Waals surface area contributed by atoms with Crippen molar-refractivity contribution in [3.63, 3.8) is 0 Å².